The molecule has 37 heavy (non-hydrogen) atoms. The van der Waals surface area contributed by atoms with Gasteiger partial charge >= 0.3 is 0 Å². The molecule has 9 heteroatoms. The Balaban J connectivity index is 2.05. The fourth-order valence-corrected chi connectivity index (χ4v) is 5.47. The number of hydrogen-bond donors (Lipinski definition) is 1. The van der Waals surface area contributed by atoms with Crippen molar-refractivity contribution in [2.45, 2.75) is 32.9 Å². The molecule has 0 aliphatic heterocycles. The second-order valence-electron chi connectivity index (χ2n) is 8.81. The van der Waals surface area contributed by atoms with Gasteiger partial charge in [0.15, 0.2) is 0 Å². The van der Waals surface area contributed by atoms with Crippen molar-refractivity contribution in [2.75, 3.05) is 23.7 Å². The molecule has 0 fully saturated rings. The van der Waals surface area contributed by atoms with Crippen LogP contribution in [0.4, 0.5) is 5.69 Å². The Kier molecular flexibility index (Phi) is 9.88. The quantitative estimate of drug-likeness (QED) is 0.363. The molecular formula is C28H32BrN3O4S. The highest BCUT2D eigenvalue weighted by Gasteiger charge is 2.33. The first-order chi connectivity index (χ1) is 17.6. The molecule has 0 bridgehead atoms. The van der Waals surface area contributed by atoms with Crippen molar-refractivity contribution in [1.82, 2.24) is 10.2 Å². The van der Waals surface area contributed by atoms with Gasteiger partial charge in [0, 0.05) is 24.0 Å². The van der Waals surface area contributed by atoms with Gasteiger partial charge in [-0.05, 0) is 48.7 Å². The van der Waals surface area contributed by atoms with E-state index in [4.69, 9.17) is 0 Å². The van der Waals surface area contributed by atoms with E-state index >= 15 is 0 Å². The second-order valence-corrected chi connectivity index (χ2v) is 11.6. The summed E-state index contributed by atoms with van der Waals surface area (Å²) >= 11 is 3.47. The van der Waals surface area contributed by atoms with Crippen molar-refractivity contribution >= 4 is 43.5 Å². The summed E-state index contributed by atoms with van der Waals surface area (Å²) in [6.45, 7) is 3.73. The number of carbonyl (C=O) groups excluding carboxylic acids is 2. The van der Waals surface area contributed by atoms with Crippen LogP contribution in [0.2, 0.25) is 0 Å². The van der Waals surface area contributed by atoms with Crippen LogP contribution >= 0.6 is 15.9 Å². The molecule has 0 radical (unpaired) electrons. The zero-order valence-electron chi connectivity index (χ0n) is 21.2. The van der Waals surface area contributed by atoms with E-state index < -0.39 is 28.5 Å². The molecule has 0 aliphatic rings. The number of hydrogen-bond acceptors (Lipinski definition) is 4. The molecule has 7 nitrogen and oxygen atoms in total. The number of amides is 2. The number of halogens is 1. The van der Waals surface area contributed by atoms with Crippen LogP contribution in [0.5, 0.6) is 0 Å². The number of benzene rings is 3. The maximum atomic E-state index is 13.9. The third-order valence-corrected chi connectivity index (χ3v) is 7.55. The minimum atomic E-state index is -3.79. The number of rotatable bonds is 11. The maximum absolute atomic E-state index is 13.9. The minimum Gasteiger partial charge on any atom is -0.355 e. The first-order valence-electron chi connectivity index (χ1n) is 12.0. The third kappa shape index (κ3) is 7.90. The zero-order valence-corrected chi connectivity index (χ0v) is 23.6. The van der Waals surface area contributed by atoms with Crippen LogP contribution in [-0.4, -0.2) is 50.5 Å². The van der Waals surface area contributed by atoms with Crippen LogP contribution < -0.4 is 9.62 Å². The van der Waals surface area contributed by atoms with Gasteiger partial charge in [0.05, 0.1) is 11.9 Å². The summed E-state index contributed by atoms with van der Waals surface area (Å²) in [4.78, 5) is 28.7. The fraction of sp³-hybridized carbons (Fsp3) is 0.286. The number of anilines is 1. The van der Waals surface area contributed by atoms with Crippen molar-refractivity contribution < 1.29 is 18.0 Å². The van der Waals surface area contributed by atoms with Gasteiger partial charge in [-0.15, -0.1) is 0 Å². The number of nitrogens with one attached hydrogen (secondary N) is 1. The molecule has 2 amide bonds. The highest BCUT2D eigenvalue weighted by Crippen LogP contribution is 2.24. The monoisotopic (exact) mass is 585 g/mol. The first kappa shape index (κ1) is 28.4. The number of sulfonamides is 1. The molecule has 0 saturated carbocycles. The Labute approximate surface area is 227 Å². The van der Waals surface area contributed by atoms with Gasteiger partial charge in [0.25, 0.3) is 0 Å². The Hall–Kier alpha value is -3.17. The lowest BCUT2D eigenvalue weighted by molar-refractivity contribution is -0.140. The van der Waals surface area contributed by atoms with E-state index in [2.05, 4.69) is 21.2 Å². The van der Waals surface area contributed by atoms with Gasteiger partial charge in [-0.1, -0.05) is 76.6 Å². The van der Waals surface area contributed by atoms with Crippen molar-refractivity contribution in [2.24, 2.45) is 0 Å². The van der Waals surface area contributed by atoms with E-state index in [0.29, 0.717) is 12.2 Å². The lowest BCUT2D eigenvalue weighted by Crippen LogP contribution is -2.53. The van der Waals surface area contributed by atoms with Gasteiger partial charge in [-0.2, -0.15) is 0 Å². The van der Waals surface area contributed by atoms with Crippen LogP contribution in [0.3, 0.4) is 0 Å². The SMILES string of the molecule is CCNC(=O)[C@@H](Cc1ccccc1)N(Cc1cccc(Br)c1)C(=O)CN(c1ccccc1C)S(C)(=O)=O. The van der Waals surface area contributed by atoms with E-state index in [1.807, 2.05) is 67.6 Å². The first-order valence-corrected chi connectivity index (χ1v) is 14.6. The highest BCUT2D eigenvalue weighted by molar-refractivity contribution is 9.10. The molecule has 3 aromatic rings. The summed E-state index contributed by atoms with van der Waals surface area (Å²) in [5, 5.41) is 2.85. The molecule has 0 heterocycles. The van der Waals surface area contributed by atoms with E-state index in [0.717, 1.165) is 31.7 Å². The molecule has 3 rings (SSSR count). The number of nitrogens with zero attached hydrogens (tertiary/aromatic N) is 2. The van der Waals surface area contributed by atoms with Crippen LogP contribution in [0.1, 0.15) is 23.6 Å². The topological polar surface area (TPSA) is 86.8 Å². The smallest absolute Gasteiger partial charge is 0.244 e. The van der Waals surface area contributed by atoms with E-state index in [1.165, 1.54) is 4.90 Å². The average Bonchev–Trinajstić information content (AvgIpc) is 2.85. The van der Waals surface area contributed by atoms with Gasteiger partial charge < -0.3 is 10.2 Å². The molecule has 3 aromatic carbocycles. The Morgan fingerprint density at radius 3 is 2.22 bits per heavy atom. The normalized spacial score (nSPS) is 12.0. The predicted octanol–water partition coefficient (Wildman–Crippen LogP) is 4.30. The van der Waals surface area contributed by atoms with Crippen LogP contribution in [0, 0.1) is 6.92 Å². The number of para-hydroxylation sites is 1. The van der Waals surface area contributed by atoms with Crippen LogP contribution in [0.15, 0.2) is 83.3 Å². The number of likely N-dealkylation sites (N-methyl/N-ethyl adjacent to an activating group) is 1. The third-order valence-electron chi connectivity index (χ3n) is 5.93. The van der Waals surface area contributed by atoms with Gasteiger partial charge in [0.2, 0.25) is 21.8 Å². The highest BCUT2D eigenvalue weighted by atomic mass is 79.9. The van der Waals surface area contributed by atoms with E-state index in [9.17, 15) is 18.0 Å². The molecule has 0 unspecified atom stereocenters. The Morgan fingerprint density at radius 2 is 1.59 bits per heavy atom. The van der Waals surface area contributed by atoms with Crippen LogP contribution in [0.25, 0.3) is 0 Å². The molecule has 0 saturated heterocycles. The van der Waals surface area contributed by atoms with Crippen LogP contribution in [-0.2, 0) is 32.6 Å². The van der Waals surface area contributed by atoms with E-state index in [1.54, 1.807) is 25.1 Å². The lowest BCUT2D eigenvalue weighted by Gasteiger charge is -2.33. The molecule has 0 spiro atoms. The van der Waals surface area contributed by atoms with Crippen molar-refractivity contribution in [1.29, 1.82) is 0 Å². The largest absolute Gasteiger partial charge is 0.355 e. The summed E-state index contributed by atoms with van der Waals surface area (Å²) < 4.78 is 27.6. The van der Waals surface area contributed by atoms with Gasteiger partial charge in [-0.3, -0.25) is 13.9 Å². The summed E-state index contributed by atoms with van der Waals surface area (Å²) in [7, 11) is -3.79. The standard InChI is InChI=1S/C28H32BrN3O4S/c1-4-30-28(34)26(18-22-12-6-5-7-13-22)31(19-23-14-10-15-24(29)17-23)27(33)20-32(37(3,35)36)25-16-9-8-11-21(25)2/h5-17,26H,4,18-20H2,1-3H3,(H,30,34)/t26-/m1/s1. The van der Waals surface area contributed by atoms with Crippen molar-refractivity contribution in [3.05, 3.63) is 100 Å². The van der Waals surface area contributed by atoms with Crippen molar-refractivity contribution in [3.63, 3.8) is 0 Å². The predicted molar refractivity (Wildman–Crippen MR) is 151 cm³/mol. The maximum Gasteiger partial charge on any atom is 0.244 e. The molecule has 0 aromatic heterocycles. The molecule has 1 atom stereocenters. The Morgan fingerprint density at radius 1 is 0.946 bits per heavy atom. The fourth-order valence-electron chi connectivity index (χ4n) is 4.12. The molecule has 0 aliphatic carbocycles. The van der Waals surface area contributed by atoms with Gasteiger partial charge in [-0.25, -0.2) is 8.42 Å². The van der Waals surface area contributed by atoms with Crippen molar-refractivity contribution in [3.8, 4) is 0 Å². The number of carbonyl (C=O) groups is 2. The van der Waals surface area contributed by atoms with Gasteiger partial charge in [0.1, 0.15) is 12.6 Å². The summed E-state index contributed by atoms with van der Waals surface area (Å²) in [6.07, 6.45) is 1.37. The minimum absolute atomic E-state index is 0.137. The van der Waals surface area contributed by atoms with E-state index in [-0.39, 0.29) is 18.9 Å². The lowest BCUT2D eigenvalue weighted by atomic mass is 10.0. The second kappa shape index (κ2) is 12.9. The molecular weight excluding hydrogens is 554 g/mol. The molecule has 196 valence electrons. The molecule has 1 N–H and O–H groups in total. The number of aryl methyl sites for hydroxylation is 1. The summed E-state index contributed by atoms with van der Waals surface area (Å²) in [5.74, 6) is -0.766. The average molecular weight is 587 g/mol. The Bertz CT molecular complexity index is 1330. The summed E-state index contributed by atoms with van der Waals surface area (Å²) in [6, 6.07) is 23.1. The zero-order chi connectivity index (χ0) is 27.0. The summed E-state index contributed by atoms with van der Waals surface area (Å²) in [5.41, 5.74) is 2.86.